The summed E-state index contributed by atoms with van der Waals surface area (Å²) in [6, 6.07) is 3.13. The third kappa shape index (κ3) is 6.75. The molecule has 2 amide bonds. The number of ether oxygens (including phenoxy) is 3. The Morgan fingerprint density at radius 1 is 1.14 bits per heavy atom. The van der Waals surface area contributed by atoms with E-state index in [0.29, 0.717) is 25.6 Å². The van der Waals surface area contributed by atoms with Crippen LogP contribution in [0.3, 0.4) is 0 Å². The van der Waals surface area contributed by atoms with Crippen molar-refractivity contribution in [3.63, 3.8) is 0 Å². The van der Waals surface area contributed by atoms with Crippen molar-refractivity contribution in [3.8, 4) is 0 Å². The van der Waals surface area contributed by atoms with Gasteiger partial charge in [-0.3, -0.25) is 0 Å². The van der Waals surface area contributed by atoms with Crippen molar-refractivity contribution in [1.29, 1.82) is 0 Å². The minimum atomic E-state index is -0.852. The fourth-order valence-electron chi connectivity index (χ4n) is 2.71. The highest BCUT2D eigenvalue weighted by Gasteiger charge is 2.34. The molecule has 1 aliphatic rings. The second kappa shape index (κ2) is 8.75. The predicted molar refractivity (Wildman–Crippen MR) is 112 cm³/mol. The monoisotopic (exact) mass is 427 g/mol. The lowest BCUT2D eigenvalue weighted by atomic mass is 10.2. The number of carbonyl (C=O) groups is 2. The Balaban J connectivity index is 2.46. The van der Waals surface area contributed by atoms with Crippen LogP contribution in [0, 0.1) is 0 Å². The van der Waals surface area contributed by atoms with Gasteiger partial charge in [-0.15, -0.1) is 0 Å². The molecule has 0 unspecified atom stereocenters. The SMILES string of the molecule is C[C@@H]1COCCN1c1cc(N(C(=O)OC(C)(C)C)C(=O)OC(C)(C)C)cc(Cl)n1. The van der Waals surface area contributed by atoms with E-state index in [4.69, 9.17) is 25.8 Å². The van der Waals surface area contributed by atoms with Gasteiger partial charge >= 0.3 is 12.2 Å². The molecule has 8 nitrogen and oxygen atoms in total. The summed E-state index contributed by atoms with van der Waals surface area (Å²) in [5, 5.41) is 0.147. The lowest BCUT2D eigenvalue weighted by Gasteiger charge is -2.35. The first kappa shape index (κ1) is 23.2. The van der Waals surface area contributed by atoms with Gasteiger partial charge in [0.15, 0.2) is 0 Å². The Hall–Kier alpha value is -2.06. The number of hydrogen-bond acceptors (Lipinski definition) is 7. The van der Waals surface area contributed by atoms with Crippen LogP contribution in [0.1, 0.15) is 48.5 Å². The molecular weight excluding hydrogens is 398 g/mol. The van der Waals surface area contributed by atoms with Gasteiger partial charge in [-0.25, -0.2) is 14.6 Å². The van der Waals surface area contributed by atoms with Crippen molar-refractivity contribution in [2.75, 3.05) is 29.6 Å². The summed E-state index contributed by atoms with van der Waals surface area (Å²) in [5.41, 5.74) is -1.37. The van der Waals surface area contributed by atoms with E-state index < -0.39 is 23.4 Å². The highest BCUT2D eigenvalue weighted by molar-refractivity contribution is 6.30. The molecule has 1 aliphatic heterocycles. The van der Waals surface area contributed by atoms with Gasteiger partial charge in [0.1, 0.15) is 22.2 Å². The zero-order valence-corrected chi connectivity index (χ0v) is 18.9. The van der Waals surface area contributed by atoms with Crippen molar-refractivity contribution in [2.45, 2.75) is 65.7 Å². The summed E-state index contributed by atoms with van der Waals surface area (Å²) in [5.74, 6) is 0.542. The fourth-order valence-corrected chi connectivity index (χ4v) is 2.91. The van der Waals surface area contributed by atoms with Crippen molar-refractivity contribution in [2.24, 2.45) is 0 Å². The molecule has 0 aromatic carbocycles. The summed E-state index contributed by atoms with van der Waals surface area (Å²) >= 11 is 6.24. The highest BCUT2D eigenvalue weighted by Crippen LogP contribution is 2.29. The number of morpholine rings is 1. The van der Waals surface area contributed by atoms with Gasteiger partial charge in [-0.1, -0.05) is 11.6 Å². The first-order valence-electron chi connectivity index (χ1n) is 9.55. The van der Waals surface area contributed by atoms with E-state index in [1.807, 2.05) is 11.8 Å². The Morgan fingerprint density at radius 3 is 2.17 bits per heavy atom. The number of nitrogens with zero attached hydrogens (tertiary/aromatic N) is 3. The molecule has 0 saturated carbocycles. The summed E-state index contributed by atoms with van der Waals surface area (Å²) in [7, 11) is 0. The maximum Gasteiger partial charge on any atom is 0.424 e. The van der Waals surface area contributed by atoms with Crippen LogP contribution in [0.15, 0.2) is 12.1 Å². The Labute approximate surface area is 177 Å². The molecule has 162 valence electrons. The summed E-state index contributed by atoms with van der Waals surface area (Å²) in [4.78, 5) is 32.9. The van der Waals surface area contributed by atoms with E-state index in [9.17, 15) is 9.59 Å². The molecule has 1 atom stereocenters. The molecular formula is C20H30ClN3O5. The van der Waals surface area contributed by atoms with Crippen molar-refractivity contribution in [1.82, 2.24) is 4.98 Å². The zero-order chi connectivity index (χ0) is 22.0. The molecule has 0 aliphatic carbocycles. The van der Waals surface area contributed by atoms with Crippen LogP contribution in [0.4, 0.5) is 21.1 Å². The number of hydrogen-bond donors (Lipinski definition) is 0. The normalized spacial score (nSPS) is 17.7. The maximum atomic E-state index is 12.9. The zero-order valence-electron chi connectivity index (χ0n) is 18.1. The van der Waals surface area contributed by atoms with E-state index in [1.54, 1.807) is 47.6 Å². The Morgan fingerprint density at radius 2 is 1.69 bits per heavy atom. The van der Waals surface area contributed by atoms with Gasteiger partial charge in [0.2, 0.25) is 0 Å². The lowest BCUT2D eigenvalue weighted by Crippen LogP contribution is -2.45. The number of carbonyl (C=O) groups excluding carboxylic acids is 2. The summed E-state index contributed by atoms with van der Waals surface area (Å²) in [6.45, 7) is 14.0. The Bertz CT molecular complexity index is 729. The molecule has 9 heteroatoms. The van der Waals surface area contributed by atoms with Crippen LogP contribution in [-0.2, 0) is 14.2 Å². The number of aromatic nitrogens is 1. The molecule has 0 radical (unpaired) electrons. The topological polar surface area (TPSA) is 81.2 Å². The van der Waals surface area contributed by atoms with Crippen molar-refractivity contribution in [3.05, 3.63) is 17.3 Å². The minimum Gasteiger partial charge on any atom is -0.443 e. The van der Waals surface area contributed by atoms with E-state index in [0.717, 1.165) is 4.90 Å². The molecule has 0 bridgehead atoms. The first-order chi connectivity index (χ1) is 13.3. The van der Waals surface area contributed by atoms with Crippen molar-refractivity contribution < 1.29 is 23.8 Å². The third-order valence-corrected chi connectivity index (χ3v) is 4.03. The molecule has 1 fully saturated rings. The molecule has 0 N–H and O–H groups in total. The number of anilines is 2. The number of halogens is 1. The second-order valence-corrected chi connectivity index (χ2v) is 9.31. The Kier molecular flexibility index (Phi) is 7.01. The molecule has 1 aromatic heterocycles. The molecule has 0 spiro atoms. The number of imide groups is 1. The standard InChI is InChI=1S/C20H30ClN3O5/c1-13-12-27-9-8-23(13)16-11-14(10-15(21)22-16)24(17(25)28-19(2,3)4)18(26)29-20(5,6)7/h10-11,13H,8-9,12H2,1-7H3/t13-/m1/s1. The second-order valence-electron chi connectivity index (χ2n) is 8.92. The van der Waals surface area contributed by atoms with Crippen LogP contribution >= 0.6 is 11.6 Å². The summed E-state index contributed by atoms with van der Waals surface area (Å²) < 4.78 is 16.3. The molecule has 29 heavy (non-hydrogen) atoms. The smallest absolute Gasteiger partial charge is 0.424 e. The van der Waals surface area contributed by atoms with Gasteiger partial charge in [0, 0.05) is 18.7 Å². The predicted octanol–water partition coefficient (Wildman–Crippen LogP) is 4.64. The molecule has 1 saturated heterocycles. The van der Waals surface area contributed by atoms with E-state index in [2.05, 4.69) is 4.98 Å². The number of pyridine rings is 1. The first-order valence-corrected chi connectivity index (χ1v) is 9.93. The maximum absolute atomic E-state index is 12.9. The van der Waals surface area contributed by atoms with Gasteiger partial charge < -0.3 is 19.1 Å². The van der Waals surface area contributed by atoms with E-state index >= 15 is 0 Å². The van der Waals surface area contributed by atoms with Crippen LogP contribution in [0.25, 0.3) is 0 Å². The van der Waals surface area contributed by atoms with Gasteiger partial charge in [-0.2, -0.15) is 4.90 Å². The highest BCUT2D eigenvalue weighted by atomic mass is 35.5. The van der Waals surface area contributed by atoms with Crippen LogP contribution < -0.4 is 9.80 Å². The number of rotatable bonds is 2. The number of amides is 2. The van der Waals surface area contributed by atoms with E-state index in [1.165, 1.54) is 6.07 Å². The van der Waals surface area contributed by atoms with E-state index in [-0.39, 0.29) is 16.9 Å². The fraction of sp³-hybridized carbons (Fsp3) is 0.650. The average molecular weight is 428 g/mol. The lowest BCUT2D eigenvalue weighted by molar-refractivity contribution is 0.0430. The van der Waals surface area contributed by atoms with Crippen LogP contribution in [0.5, 0.6) is 0 Å². The quantitative estimate of drug-likeness (QED) is 0.636. The van der Waals surface area contributed by atoms with Crippen LogP contribution in [-0.4, -0.2) is 54.2 Å². The van der Waals surface area contributed by atoms with Gasteiger partial charge in [0.05, 0.1) is 24.9 Å². The molecule has 1 aromatic rings. The molecule has 2 heterocycles. The van der Waals surface area contributed by atoms with Gasteiger partial charge in [0.25, 0.3) is 0 Å². The van der Waals surface area contributed by atoms with Crippen molar-refractivity contribution >= 4 is 35.3 Å². The largest absolute Gasteiger partial charge is 0.443 e. The molecule has 2 rings (SSSR count). The van der Waals surface area contributed by atoms with Crippen LogP contribution in [0.2, 0.25) is 5.15 Å². The minimum absolute atomic E-state index is 0.0686. The summed E-state index contributed by atoms with van der Waals surface area (Å²) in [6.07, 6.45) is -1.70. The third-order valence-electron chi connectivity index (χ3n) is 3.84. The van der Waals surface area contributed by atoms with Gasteiger partial charge in [-0.05, 0) is 48.5 Å². The average Bonchev–Trinajstić information content (AvgIpc) is 2.51.